The number of aryl methyl sites for hydroxylation is 1. The van der Waals surface area contributed by atoms with Crippen LogP contribution in [0, 0.1) is 12.8 Å². The Morgan fingerprint density at radius 2 is 1.77 bits per heavy atom. The van der Waals surface area contributed by atoms with Crippen molar-refractivity contribution in [2.75, 3.05) is 6.61 Å². The van der Waals surface area contributed by atoms with E-state index in [9.17, 15) is 9.59 Å². The number of halogens is 1. The van der Waals surface area contributed by atoms with Crippen molar-refractivity contribution in [3.63, 3.8) is 0 Å². The van der Waals surface area contributed by atoms with Gasteiger partial charge >= 0.3 is 5.69 Å². The van der Waals surface area contributed by atoms with Crippen molar-refractivity contribution in [3.8, 4) is 5.69 Å². The highest BCUT2D eigenvalue weighted by Gasteiger charge is 2.37. The zero-order chi connectivity index (χ0) is 33.5. The molecule has 1 aliphatic carbocycles. The van der Waals surface area contributed by atoms with Crippen molar-refractivity contribution in [2.45, 2.75) is 90.6 Å². The van der Waals surface area contributed by atoms with Crippen LogP contribution in [0.2, 0.25) is 23.2 Å². The minimum absolute atomic E-state index is 0.0764. The predicted molar refractivity (Wildman–Crippen MR) is 189 cm³/mol. The number of imidazole rings is 1. The van der Waals surface area contributed by atoms with Gasteiger partial charge in [0.1, 0.15) is 0 Å². The summed E-state index contributed by atoms with van der Waals surface area (Å²) >= 11 is 6.08. The van der Waals surface area contributed by atoms with E-state index in [-0.39, 0.29) is 22.7 Å². The number of fused-ring (bicyclic) bond motifs is 2. The van der Waals surface area contributed by atoms with E-state index in [1.54, 1.807) is 23.0 Å². The summed E-state index contributed by atoms with van der Waals surface area (Å²) < 4.78 is 11.9. The molecule has 0 saturated heterocycles. The van der Waals surface area contributed by atoms with Gasteiger partial charge in [-0.15, -0.1) is 0 Å². The third-order valence-electron chi connectivity index (χ3n) is 10.0. The third kappa shape index (κ3) is 6.79. The van der Waals surface area contributed by atoms with Crippen LogP contribution >= 0.6 is 11.6 Å². The Bertz CT molecular complexity index is 1980. The smallest absolute Gasteiger partial charge is 0.333 e. The number of benzene rings is 1. The maximum absolute atomic E-state index is 14.0. The molecule has 10 nitrogen and oxygen atoms in total. The maximum Gasteiger partial charge on any atom is 0.333 e. The van der Waals surface area contributed by atoms with Gasteiger partial charge in [-0.2, -0.15) is 5.10 Å². The van der Waals surface area contributed by atoms with E-state index in [1.165, 1.54) is 0 Å². The van der Waals surface area contributed by atoms with Gasteiger partial charge in [0.2, 0.25) is 0 Å². The number of rotatable bonds is 9. The number of carbonyl (C=O) groups excluding carboxylic acids is 1. The molecule has 47 heavy (non-hydrogen) atoms. The van der Waals surface area contributed by atoms with E-state index >= 15 is 0 Å². The lowest BCUT2D eigenvalue weighted by molar-refractivity contribution is 0.0919. The number of nitrogens with one attached hydrogen (secondary N) is 1. The minimum atomic E-state index is -1.86. The van der Waals surface area contributed by atoms with Crippen LogP contribution in [0.3, 0.4) is 0 Å². The molecule has 0 aliphatic heterocycles. The van der Waals surface area contributed by atoms with E-state index in [0.717, 1.165) is 47.8 Å². The molecule has 0 atom stereocenters. The summed E-state index contributed by atoms with van der Waals surface area (Å²) in [6.45, 7) is 14.8. The third-order valence-corrected chi connectivity index (χ3v) is 14.8. The van der Waals surface area contributed by atoms with Crippen molar-refractivity contribution in [1.82, 2.24) is 34.2 Å². The van der Waals surface area contributed by atoms with Crippen LogP contribution in [-0.4, -0.2) is 55.8 Å². The van der Waals surface area contributed by atoms with Gasteiger partial charge in [0.25, 0.3) is 5.91 Å². The molecular weight excluding hydrogens is 630 g/mol. The minimum Gasteiger partial charge on any atom is -0.415 e. The van der Waals surface area contributed by atoms with Gasteiger partial charge in [-0.05, 0) is 80.9 Å². The largest absolute Gasteiger partial charge is 0.415 e. The molecule has 0 spiro atoms. The molecule has 248 valence electrons. The molecule has 6 rings (SSSR count). The number of carbonyl (C=O) groups is 1. The lowest BCUT2D eigenvalue weighted by atomic mass is 9.85. The average Bonchev–Trinajstić information content (AvgIpc) is 3.56. The van der Waals surface area contributed by atoms with Crippen molar-refractivity contribution < 1.29 is 9.22 Å². The van der Waals surface area contributed by atoms with Crippen molar-refractivity contribution in [3.05, 3.63) is 81.8 Å². The standard InChI is InChI=1S/C35H44ClN7O3Si/c1-23-29(18-26(36)20-37-23)33(44)40-27-13-11-24(12-14-27)22-41-30-9-7-8-10-31(30)43(34(41)45)28-17-25-19-39-42(32(25)38-21-28)15-16-46-47(5,6)35(2,3)4/h7-10,17-21,24,27H,11-16,22H2,1-6H3,(H,40,44). The number of para-hydroxylation sites is 2. The quantitative estimate of drug-likeness (QED) is 0.171. The van der Waals surface area contributed by atoms with Crippen LogP contribution in [0.5, 0.6) is 0 Å². The highest BCUT2D eigenvalue weighted by molar-refractivity contribution is 6.74. The Hall–Kier alpha value is -3.80. The first-order chi connectivity index (χ1) is 22.3. The first-order valence-corrected chi connectivity index (χ1v) is 19.7. The van der Waals surface area contributed by atoms with Crippen molar-refractivity contribution >= 4 is 47.9 Å². The van der Waals surface area contributed by atoms with Gasteiger partial charge in [-0.25, -0.2) is 14.5 Å². The summed E-state index contributed by atoms with van der Waals surface area (Å²) in [5, 5.41) is 9.22. The summed E-state index contributed by atoms with van der Waals surface area (Å²) in [4.78, 5) is 35.9. The van der Waals surface area contributed by atoms with Crippen LogP contribution in [0.15, 0.2) is 59.8 Å². The molecule has 1 aliphatic rings. The molecule has 1 fully saturated rings. The Morgan fingerprint density at radius 1 is 1.04 bits per heavy atom. The van der Waals surface area contributed by atoms with E-state index in [1.807, 2.05) is 52.7 Å². The summed E-state index contributed by atoms with van der Waals surface area (Å²) in [7, 11) is -1.86. The molecule has 0 radical (unpaired) electrons. The first-order valence-electron chi connectivity index (χ1n) is 16.4. The number of hydrogen-bond acceptors (Lipinski definition) is 6. The maximum atomic E-state index is 14.0. The molecule has 1 amide bonds. The fourth-order valence-electron chi connectivity index (χ4n) is 6.23. The first kappa shape index (κ1) is 33.1. The van der Waals surface area contributed by atoms with E-state index < -0.39 is 8.32 Å². The monoisotopic (exact) mass is 673 g/mol. The van der Waals surface area contributed by atoms with Crippen LogP contribution in [0.1, 0.15) is 62.5 Å². The summed E-state index contributed by atoms with van der Waals surface area (Å²) in [5.41, 5.74) is 4.32. The summed E-state index contributed by atoms with van der Waals surface area (Å²) in [6, 6.07) is 11.7. The van der Waals surface area contributed by atoms with Crippen LogP contribution in [0.4, 0.5) is 0 Å². The highest BCUT2D eigenvalue weighted by atomic mass is 35.5. The second-order valence-electron chi connectivity index (χ2n) is 14.3. The number of pyridine rings is 2. The van der Waals surface area contributed by atoms with Gasteiger partial charge in [-0.1, -0.05) is 44.5 Å². The number of nitrogens with zero attached hydrogens (tertiary/aromatic N) is 6. The number of amides is 1. The molecule has 4 heterocycles. The van der Waals surface area contributed by atoms with E-state index in [0.29, 0.717) is 47.6 Å². The molecule has 5 aromatic rings. The zero-order valence-electron chi connectivity index (χ0n) is 28.1. The molecular formula is C35H44ClN7O3Si. The Kier molecular flexibility index (Phi) is 9.16. The Morgan fingerprint density at radius 3 is 2.49 bits per heavy atom. The second-order valence-corrected chi connectivity index (χ2v) is 19.5. The van der Waals surface area contributed by atoms with Gasteiger partial charge in [0, 0.05) is 24.2 Å². The predicted octanol–water partition coefficient (Wildman–Crippen LogP) is 6.90. The number of aromatic nitrogens is 6. The fourth-order valence-corrected chi connectivity index (χ4v) is 7.42. The van der Waals surface area contributed by atoms with Crippen LogP contribution < -0.4 is 11.0 Å². The molecule has 12 heteroatoms. The molecule has 0 bridgehead atoms. The Balaban J connectivity index is 1.16. The topological polar surface area (TPSA) is 109 Å². The summed E-state index contributed by atoms with van der Waals surface area (Å²) in [5.74, 6) is 0.179. The molecule has 1 N–H and O–H groups in total. The SMILES string of the molecule is Cc1ncc(Cl)cc1C(=O)NC1CCC(Cn2c(=O)n(-c3cnc4c(cnn4CCO[Si](C)(C)C(C)(C)C)c3)c3ccccc32)CC1. The van der Waals surface area contributed by atoms with Crippen LogP contribution in [0.25, 0.3) is 27.8 Å². The zero-order valence-corrected chi connectivity index (χ0v) is 29.8. The Labute approximate surface area is 281 Å². The van der Waals surface area contributed by atoms with Gasteiger partial charge in [0.15, 0.2) is 14.0 Å². The van der Waals surface area contributed by atoms with Gasteiger partial charge in [0.05, 0.1) is 58.5 Å². The molecule has 4 aromatic heterocycles. The van der Waals surface area contributed by atoms with Gasteiger partial charge < -0.3 is 9.74 Å². The van der Waals surface area contributed by atoms with Crippen LogP contribution in [-0.2, 0) is 17.5 Å². The van der Waals surface area contributed by atoms with Crippen molar-refractivity contribution in [1.29, 1.82) is 0 Å². The van der Waals surface area contributed by atoms with Crippen molar-refractivity contribution in [2.24, 2.45) is 5.92 Å². The fraction of sp³-hybridized carbons (Fsp3) is 0.457. The highest BCUT2D eigenvalue weighted by Crippen LogP contribution is 2.36. The lowest BCUT2D eigenvalue weighted by Gasteiger charge is -2.36. The van der Waals surface area contributed by atoms with Gasteiger partial charge in [-0.3, -0.25) is 18.9 Å². The second kappa shape index (κ2) is 13.0. The molecule has 1 saturated carbocycles. The lowest BCUT2D eigenvalue weighted by Crippen LogP contribution is -2.41. The van der Waals surface area contributed by atoms with E-state index in [2.05, 4.69) is 49.3 Å². The normalized spacial score (nSPS) is 17.4. The average molecular weight is 674 g/mol. The van der Waals surface area contributed by atoms with E-state index in [4.69, 9.17) is 21.0 Å². The summed E-state index contributed by atoms with van der Waals surface area (Å²) in [6.07, 6.45) is 8.65. The molecule has 0 unspecified atom stereocenters. The number of hydrogen-bond donors (Lipinski definition) is 1. The molecule has 1 aromatic carbocycles.